The number of ether oxygens (including phenoxy) is 1. The number of aromatic nitrogens is 1. The van der Waals surface area contributed by atoms with E-state index in [-0.39, 0.29) is 6.10 Å². The zero-order chi connectivity index (χ0) is 13.0. The number of nitrogens with one attached hydrogen (secondary N) is 1. The van der Waals surface area contributed by atoms with Crippen LogP contribution in [0.4, 0.5) is 5.82 Å². The fourth-order valence-electron chi connectivity index (χ4n) is 1.89. The molecule has 98 valence electrons. The molecule has 6 heteroatoms. The molecule has 1 saturated heterocycles. The second-order valence-electron chi connectivity index (χ2n) is 4.43. The fourth-order valence-corrected chi connectivity index (χ4v) is 2.02. The van der Waals surface area contributed by atoms with Crippen LogP contribution in [-0.2, 0) is 4.74 Å². The van der Waals surface area contributed by atoms with Crippen LogP contribution in [0.25, 0.3) is 0 Å². The van der Waals surface area contributed by atoms with E-state index in [2.05, 4.69) is 22.2 Å². The molecule has 18 heavy (non-hydrogen) atoms. The van der Waals surface area contributed by atoms with Crippen molar-refractivity contribution >= 4 is 23.0 Å². The number of pyridine rings is 1. The van der Waals surface area contributed by atoms with E-state index in [1.54, 1.807) is 12.3 Å². The van der Waals surface area contributed by atoms with Crippen molar-refractivity contribution in [3.05, 3.63) is 23.9 Å². The van der Waals surface area contributed by atoms with Crippen molar-refractivity contribution in [2.24, 2.45) is 5.73 Å². The summed E-state index contributed by atoms with van der Waals surface area (Å²) in [5.74, 6) is 0.775. The first-order valence-corrected chi connectivity index (χ1v) is 6.36. The summed E-state index contributed by atoms with van der Waals surface area (Å²) in [6.45, 7) is 3.44. The minimum absolute atomic E-state index is 0.194. The normalized spacial score (nSPS) is 20.6. The number of likely N-dealkylation sites (N-methyl/N-ethyl adjacent to an activating group) is 1. The quantitative estimate of drug-likeness (QED) is 0.772. The first kappa shape index (κ1) is 13.2. The third-order valence-corrected chi connectivity index (χ3v) is 3.13. The van der Waals surface area contributed by atoms with Gasteiger partial charge in [0.2, 0.25) is 0 Å². The Morgan fingerprint density at radius 2 is 2.56 bits per heavy atom. The summed E-state index contributed by atoms with van der Waals surface area (Å²) < 4.78 is 5.67. The van der Waals surface area contributed by atoms with E-state index in [1.165, 1.54) is 0 Å². The lowest BCUT2D eigenvalue weighted by Crippen LogP contribution is -2.43. The predicted molar refractivity (Wildman–Crippen MR) is 75.9 cm³/mol. The molecule has 1 aromatic rings. The van der Waals surface area contributed by atoms with Gasteiger partial charge in [-0.25, -0.2) is 4.98 Å². The first-order valence-electron chi connectivity index (χ1n) is 5.95. The molecule has 2 rings (SSSR count). The van der Waals surface area contributed by atoms with Gasteiger partial charge < -0.3 is 20.7 Å². The Balaban J connectivity index is 1.89. The average Bonchev–Trinajstić information content (AvgIpc) is 2.37. The Bertz CT molecular complexity index is 426. The van der Waals surface area contributed by atoms with Crippen LogP contribution in [0.3, 0.4) is 0 Å². The Labute approximate surface area is 112 Å². The van der Waals surface area contributed by atoms with E-state index < -0.39 is 0 Å². The molecule has 3 N–H and O–H groups in total. The SMILES string of the molecule is CN1CCOC(CNc2cc(C(N)=S)ccn2)C1. The Hall–Kier alpha value is -1.24. The summed E-state index contributed by atoms with van der Waals surface area (Å²) >= 11 is 4.94. The molecule has 1 fully saturated rings. The van der Waals surface area contributed by atoms with Crippen molar-refractivity contribution in [3.8, 4) is 0 Å². The summed E-state index contributed by atoms with van der Waals surface area (Å²) in [6, 6.07) is 3.66. The van der Waals surface area contributed by atoms with Crippen molar-refractivity contribution < 1.29 is 4.74 Å². The Morgan fingerprint density at radius 3 is 3.28 bits per heavy atom. The number of rotatable bonds is 4. The second-order valence-corrected chi connectivity index (χ2v) is 4.87. The van der Waals surface area contributed by atoms with Gasteiger partial charge in [-0.15, -0.1) is 0 Å². The van der Waals surface area contributed by atoms with E-state index >= 15 is 0 Å². The van der Waals surface area contributed by atoms with E-state index in [0.29, 0.717) is 4.99 Å². The summed E-state index contributed by atoms with van der Waals surface area (Å²) in [7, 11) is 2.10. The maximum absolute atomic E-state index is 5.67. The smallest absolute Gasteiger partial charge is 0.126 e. The van der Waals surface area contributed by atoms with Crippen LogP contribution in [0, 0.1) is 0 Å². The van der Waals surface area contributed by atoms with Gasteiger partial charge in [0.15, 0.2) is 0 Å². The highest BCUT2D eigenvalue weighted by Gasteiger charge is 2.17. The molecule has 0 saturated carbocycles. The standard InChI is InChI=1S/C12H18N4OS/c1-16-4-5-17-10(8-16)7-15-11-6-9(12(13)18)2-3-14-11/h2-3,6,10H,4-5,7-8H2,1H3,(H2,13,18)(H,14,15). The molecule has 1 aliphatic rings. The molecule has 1 aromatic heterocycles. The van der Waals surface area contributed by atoms with Gasteiger partial charge >= 0.3 is 0 Å². The summed E-state index contributed by atoms with van der Waals surface area (Å²) in [4.78, 5) is 6.87. The van der Waals surface area contributed by atoms with Crippen LogP contribution in [0.5, 0.6) is 0 Å². The summed E-state index contributed by atoms with van der Waals surface area (Å²) in [5.41, 5.74) is 6.41. The molecule has 0 radical (unpaired) electrons. The lowest BCUT2D eigenvalue weighted by molar-refractivity contribution is -0.0117. The summed E-state index contributed by atoms with van der Waals surface area (Å²) in [6.07, 6.45) is 1.89. The van der Waals surface area contributed by atoms with E-state index in [4.69, 9.17) is 22.7 Å². The molecular formula is C12H18N4OS. The summed E-state index contributed by atoms with van der Waals surface area (Å²) in [5, 5.41) is 3.25. The van der Waals surface area contributed by atoms with Crippen LogP contribution in [0.15, 0.2) is 18.3 Å². The lowest BCUT2D eigenvalue weighted by atomic mass is 10.2. The first-order chi connectivity index (χ1) is 8.65. The van der Waals surface area contributed by atoms with Crippen molar-refractivity contribution in [1.82, 2.24) is 9.88 Å². The fraction of sp³-hybridized carbons (Fsp3) is 0.500. The number of hydrogen-bond donors (Lipinski definition) is 2. The van der Waals surface area contributed by atoms with Gasteiger partial charge in [0.25, 0.3) is 0 Å². The molecule has 1 aliphatic heterocycles. The minimum Gasteiger partial charge on any atom is -0.389 e. The van der Waals surface area contributed by atoms with Gasteiger partial charge in [0, 0.05) is 31.4 Å². The molecule has 1 unspecified atom stereocenters. The van der Waals surface area contributed by atoms with E-state index in [9.17, 15) is 0 Å². The second kappa shape index (κ2) is 6.08. The molecule has 2 heterocycles. The molecule has 0 spiro atoms. The van der Waals surface area contributed by atoms with Crippen LogP contribution >= 0.6 is 12.2 Å². The van der Waals surface area contributed by atoms with Gasteiger partial charge in [0.05, 0.1) is 12.7 Å². The number of nitrogens with two attached hydrogens (primary N) is 1. The Morgan fingerprint density at radius 1 is 1.72 bits per heavy atom. The van der Waals surface area contributed by atoms with Crippen molar-refractivity contribution in [1.29, 1.82) is 0 Å². The molecule has 5 nitrogen and oxygen atoms in total. The average molecular weight is 266 g/mol. The van der Waals surface area contributed by atoms with Crippen LogP contribution in [-0.4, -0.2) is 54.3 Å². The van der Waals surface area contributed by atoms with Gasteiger partial charge in [-0.05, 0) is 19.2 Å². The van der Waals surface area contributed by atoms with Gasteiger partial charge in [-0.2, -0.15) is 0 Å². The molecule has 0 bridgehead atoms. The van der Waals surface area contributed by atoms with Gasteiger partial charge in [-0.3, -0.25) is 0 Å². The van der Waals surface area contributed by atoms with Crippen molar-refractivity contribution in [3.63, 3.8) is 0 Å². The monoisotopic (exact) mass is 266 g/mol. The maximum Gasteiger partial charge on any atom is 0.126 e. The van der Waals surface area contributed by atoms with Crippen LogP contribution < -0.4 is 11.1 Å². The lowest BCUT2D eigenvalue weighted by Gasteiger charge is -2.30. The molecular weight excluding hydrogens is 248 g/mol. The predicted octanol–water partition coefficient (Wildman–Crippen LogP) is 0.458. The topological polar surface area (TPSA) is 63.4 Å². The number of anilines is 1. The maximum atomic E-state index is 5.67. The molecule has 0 amide bonds. The molecule has 0 aliphatic carbocycles. The highest BCUT2D eigenvalue weighted by atomic mass is 32.1. The largest absolute Gasteiger partial charge is 0.389 e. The van der Waals surface area contributed by atoms with Gasteiger partial charge in [-0.1, -0.05) is 12.2 Å². The number of thiocarbonyl (C=S) groups is 1. The molecule has 0 aromatic carbocycles. The van der Waals surface area contributed by atoms with Crippen LogP contribution in [0.2, 0.25) is 0 Å². The molecule has 1 atom stereocenters. The number of hydrogen-bond acceptors (Lipinski definition) is 5. The number of nitrogens with zero attached hydrogens (tertiary/aromatic N) is 2. The van der Waals surface area contributed by atoms with Crippen molar-refractivity contribution in [2.75, 3.05) is 38.6 Å². The third-order valence-electron chi connectivity index (χ3n) is 2.90. The van der Waals surface area contributed by atoms with E-state index in [0.717, 1.165) is 37.6 Å². The van der Waals surface area contributed by atoms with Crippen LogP contribution in [0.1, 0.15) is 5.56 Å². The minimum atomic E-state index is 0.194. The van der Waals surface area contributed by atoms with Crippen molar-refractivity contribution in [2.45, 2.75) is 6.10 Å². The number of morpholine rings is 1. The Kier molecular flexibility index (Phi) is 4.46. The van der Waals surface area contributed by atoms with Gasteiger partial charge in [0.1, 0.15) is 10.8 Å². The third kappa shape index (κ3) is 3.63. The highest BCUT2D eigenvalue weighted by molar-refractivity contribution is 7.80. The van der Waals surface area contributed by atoms with E-state index in [1.807, 2.05) is 6.07 Å². The highest BCUT2D eigenvalue weighted by Crippen LogP contribution is 2.08. The zero-order valence-electron chi connectivity index (χ0n) is 10.4. The zero-order valence-corrected chi connectivity index (χ0v) is 11.2.